The zero-order valence-electron chi connectivity index (χ0n) is 25.5. The van der Waals surface area contributed by atoms with Crippen molar-refractivity contribution < 1.29 is 42.2 Å². The first kappa shape index (κ1) is 35.5. The molecule has 43 heavy (non-hydrogen) atoms. The molecular weight excluding hydrogens is 560 g/mol. The van der Waals surface area contributed by atoms with E-state index in [9.17, 15) is 28.0 Å². The monoisotopic (exact) mass is 603 g/mol. The van der Waals surface area contributed by atoms with E-state index in [1.807, 2.05) is 74.5 Å². The smallest absolute Gasteiger partial charge is 0.345 e. The third kappa shape index (κ3) is 14.4. The average Bonchev–Trinajstić information content (AvgIpc) is 2.93. The number of benzene rings is 2. The molecule has 0 radical (unpaired) electrons. The minimum Gasteiger partial charge on any atom is -0.461 e. The largest absolute Gasteiger partial charge is 0.461 e. The molecule has 0 spiro atoms. The number of ether oxygens (including phenoxy) is 3. The SMILES string of the molecule is CC(C)C[C@H](NC(=O)[C@H](COC(F)F)CC(=O)OC(C)(C)C)C(=O)C[C@@H](Cc1ccccc1)C(=O)OCc1ccccc1. The number of carbonyl (C=O) groups excluding carboxylic acids is 4. The molecule has 0 saturated heterocycles. The van der Waals surface area contributed by atoms with Crippen molar-refractivity contribution in [2.45, 2.75) is 85.2 Å². The number of carbonyl (C=O) groups is 4. The maximum Gasteiger partial charge on any atom is 0.345 e. The molecule has 1 N–H and O–H groups in total. The van der Waals surface area contributed by atoms with Gasteiger partial charge in [0.25, 0.3) is 0 Å². The number of amides is 1. The zero-order chi connectivity index (χ0) is 32.0. The zero-order valence-corrected chi connectivity index (χ0v) is 25.5. The molecule has 0 bridgehead atoms. The van der Waals surface area contributed by atoms with E-state index in [-0.39, 0.29) is 31.8 Å². The van der Waals surface area contributed by atoms with Crippen molar-refractivity contribution in [3.63, 3.8) is 0 Å². The van der Waals surface area contributed by atoms with Gasteiger partial charge in [-0.25, -0.2) is 0 Å². The van der Waals surface area contributed by atoms with E-state index in [1.54, 1.807) is 20.8 Å². The van der Waals surface area contributed by atoms with E-state index in [1.165, 1.54) is 0 Å². The molecular formula is C33H43F2NO7. The van der Waals surface area contributed by atoms with Crippen molar-refractivity contribution in [3.05, 3.63) is 71.8 Å². The van der Waals surface area contributed by atoms with Crippen LogP contribution in [0.5, 0.6) is 0 Å². The van der Waals surface area contributed by atoms with E-state index in [4.69, 9.17) is 9.47 Å². The highest BCUT2D eigenvalue weighted by molar-refractivity contribution is 5.93. The molecule has 0 unspecified atom stereocenters. The fraction of sp³-hybridized carbons (Fsp3) is 0.515. The molecule has 10 heteroatoms. The number of nitrogens with one attached hydrogen (secondary N) is 1. The fourth-order valence-electron chi connectivity index (χ4n) is 4.40. The maximum atomic E-state index is 13.6. The minimum absolute atomic E-state index is 0.0338. The molecule has 0 aliphatic carbocycles. The molecule has 8 nitrogen and oxygen atoms in total. The van der Waals surface area contributed by atoms with Gasteiger partial charge >= 0.3 is 18.6 Å². The summed E-state index contributed by atoms with van der Waals surface area (Å²) in [7, 11) is 0. The lowest BCUT2D eigenvalue weighted by atomic mass is 9.89. The first-order valence-electron chi connectivity index (χ1n) is 14.4. The number of esters is 2. The molecule has 236 valence electrons. The summed E-state index contributed by atoms with van der Waals surface area (Å²) in [4.78, 5) is 52.5. The summed E-state index contributed by atoms with van der Waals surface area (Å²) in [5.41, 5.74) is 0.788. The fourth-order valence-corrected chi connectivity index (χ4v) is 4.40. The van der Waals surface area contributed by atoms with Crippen LogP contribution in [-0.2, 0) is 46.4 Å². The van der Waals surface area contributed by atoms with Gasteiger partial charge in [0, 0.05) is 6.42 Å². The summed E-state index contributed by atoms with van der Waals surface area (Å²) in [6.07, 6.45) is -0.256. The summed E-state index contributed by atoms with van der Waals surface area (Å²) in [6.45, 7) is 4.80. The van der Waals surface area contributed by atoms with Gasteiger partial charge < -0.3 is 19.5 Å². The van der Waals surface area contributed by atoms with Crippen LogP contribution in [0.4, 0.5) is 8.78 Å². The maximum absolute atomic E-state index is 13.6. The number of alkyl halides is 2. The molecule has 2 aromatic carbocycles. The molecule has 0 fully saturated rings. The predicted molar refractivity (Wildman–Crippen MR) is 157 cm³/mol. The van der Waals surface area contributed by atoms with Gasteiger partial charge in [0.05, 0.1) is 30.9 Å². The molecule has 3 atom stereocenters. The highest BCUT2D eigenvalue weighted by Crippen LogP contribution is 2.20. The van der Waals surface area contributed by atoms with Crippen molar-refractivity contribution in [2.24, 2.45) is 17.8 Å². The predicted octanol–water partition coefficient (Wildman–Crippen LogP) is 5.67. The quantitative estimate of drug-likeness (QED) is 0.232. The number of hydrogen-bond acceptors (Lipinski definition) is 7. The van der Waals surface area contributed by atoms with Crippen molar-refractivity contribution in [1.82, 2.24) is 5.32 Å². The van der Waals surface area contributed by atoms with Gasteiger partial charge in [0.15, 0.2) is 5.78 Å². The summed E-state index contributed by atoms with van der Waals surface area (Å²) in [5.74, 6) is -4.70. The molecule has 0 heterocycles. The lowest BCUT2D eigenvalue weighted by Crippen LogP contribution is -2.47. The lowest BCUT2D eigenvalue weighted by molar-refractivity contribution is -0.165. The number of halogens is 2. The Kier molecular flexibility index (Phi) is 14.4. The molecule has 0 saturated carbocycles. The number of ketones is 1. The van der Waals surface area contributed by atoms with Crippen LogP contribution in [0, 0.1) is 17.8 Å². The topological polar surface area (TPSA) is 108 Å². The first-order valence-corrected chi connectivity index (χ1v) is 14.4. The highest BCUT2D eigenvalue weighted by Gasteiger charge is 2.33. The van der Waals surface area contributed by atoms with Crippen LogP contribution < -0.4 is 5.32 Å². The van der Waals surface area contributed by atoms with Crippen LogP contribution >= 0.6 is 0 Å². The van der Waals surface area contributed by atoms with Gasteiger partial charge in [0.1, 0.15) is 12.2 Å². The first-order chi connectivity index (χ1) is 20.2. The Morgan fingerprint density at radius 1 is 0.837 bits per heavy atom. The Morgan fingerprint density at radius 2 is 1.42 bits per heavy atom. The van der Waals surface area contributed by atoms with E-state index >= 15 is 0 Å². The van der Waals surface area contributed by atoms with E-state index < -0.39 is 66.7 Å². The Morgan fingerprint density at radius 3 is 1.95 bits per heavy atom. The summed E-state index contributed by atoms with van der Waals surface area (Å²) in [5, 5.41) is 2.63. The van der Waals surface area contributed by atoms with Gasteiger partial charge in [-0.2, -0.15) is 8.78 Å². The molecule has 1 amide bonds. The van der Waals surface area contributed by atoms with E-state index in [2.05, 4.69) is 10.1 Å². The average molecular weight is 604 g/mol. The molecule has 2 aromatic rings. The number of Topliss-reactive ketones (excluding diaryl/α,β-unsaturated/α-hetero) is 1. The van der Waals surface area contributed by atoms with Crippen molar-refractivity contribution in [3.8, 4) is 0 Å². The second-order valence-electron chi connectivity index (χ2n) is 11.9. The van der Waals surface area contributed by atoms with Crippen LogP contribution in [0.15, 0.2) is 60.7 Å². The highest BCUT2D eigenvalue weighted by atomic mass is 19.3. The van der Waals surface area contributed by atoms with Crippen molar-refractivity contribution in [1.29, 1.82) is 0 Å². The third-order valence-electron chi connectivity index (χ3n) is 6.37. The molecule has 0 aliphatic rings. The Labute approximate surface area is 252 Å². The summed E-state index contributed by atoms with van der Waals surface area (Å²) >= 11 is 0. The Balaban J connectivity index is 2.21. The van der Waals surface area contributed by atoms with Crippen LogP contribution in [0.1, 0.15) is 65.0 Å². The van der Waals surface area contributed by atoms with Crippen LogP contribution in [0.25, 0.3) is 0 Å². The van der Waals surface area contributed by atoms with Gasteiger partial charge in [-0.1, -0.05) is 74.5 Å². The van der Waals surface area contributed by atoms with Crippen molar-refractivity contribution >= 4 is 23.6 Å². The summed E-state index contributed by atoms with van der Waals surface area (Å²) < 4.78 is 40.8. The third-order valence-corrected chi connectivity index (χ3v) is 6.37. The number of rotatable bonds is 17. The number of hydrogen-bond donors (Lipinski definition) is 1. The molecule has 0 aromatic heterocycles. The minimum atomic E-state index is -3.15. The van der Waals surface area contributed by atoms with Gasteiger partial charge in [-0.3, -0.25) is 19.2 Å². The second-order valence-corrected chi connectivity index (χ2v) is 11.9. The van der Waals surface area contributed by atoms with Crippen LogP contribution in [0.2, 0.25) is 0 Å². The van der Waals surface area contributed by atoms with E-state index in [0.29, 0.717) is 0 Å². The van der Waals surface area contributed by atoms with Gasteiger partial charge in [0.2, 0.25) is 5.91 Å². The molecule has 2 rings (SSSR count). The molecule has 0 aliphatic heterocycles. The van der Waals surface area contributed by atoms with Gasteiger partial charge in [-0.15, -0.1) is 0 Å². The van der Waals surface area contributed by atoms with Gasteiger partial charge in [-0.05, 0) is 50.7 Å². The normalized spacial score (nSPS) is 13.7. The Hall–Kier alpha value is -3.66. The Bertz CT molecular complexity index is 1170. The second kappa shape index (κ2) is 17.5. The van der Waals surface area contributed by atoms with Crippen molar-refractivity contribution in [2.75, 3.05) is 6.61 Å². The van der Waals surface area contributed by atoms with Crippen LogP contribution in [0.3, 0.4) is 0 Å². The lowest BCUT2D eigenvalue weighted by Gasteiger charge is -2.25. The van der Waals surface area contributed by atoms with E-state index in [0.717, 1.165) is 11.1 Å². The standard InChI is InChI=1S/C33H43F2NO7/c1-22(2)16-27(36-30(39)26(21-42-32(34)35)19-29(38)43-33(3,4)5)28(37)18-25(17-23-12-8-6-9-13-23)31(40)41-20-24-14-10-7-11-15-24/h6-15,22,25-27,32H,16-21H2,1-5H3,(H,36,39)/t25-,26+,27+/m1/s1. The van der Waals surface area contributed by atoms with Crippen LogP contribution in [-0.4, -0.2) is 48.5 Å². The summed E-state index contributed by atoms with van der Waals surface area (Å²) in [6, 6.07) is 17.3.